The van der Waals surface area contributed by atoms with Crippen molar-refractivity contribution >= 4 is 38.0 Å². The van der Waals surface area contributed by atoms with Gasteiger partial charge >= 0.3 is 5.97 Å². The molecule has 0 aromatic carbocycles. The number of unbranched alkanes of at least 4 members (excludes halogenated alkanes) is 1. The van der Waals surface area contributed by atoms with Gasteiger partial charge in [-0.2, -0.15) is 0 Å². The fourth-order valence-electron chi connectivity index (χ4n) is 3.28. The Morgan fingerprint density at radius 2 is 1.84 bits per heavy atom. The van der Waals surface area contributed by atoms with Crippen molar-refractivity contribution in [3.05, 3.63) is 21.9 Å². The number of fused-ring (bicyclic) bond motifs is 1. The summed E-state index contributed by atoms with van der Waals surface area (Å²) in [6, 6.07) is 4.22. The molecule has 138 valence electrons. The standard InChI is InChI=1S/C20H28O3S2/c1-3-5-11-22-15-7-9-16(10-8-15)23-19(21)18-13-14-12-17(6-4-2)24-20(14)25-18/h12-13,15-16H,3-11H2,1-2H3/t15-,16-. The molecule has 3 nitrogen and oxygen atoms in total. The summed E-state index contributed by atoms with van der Waals surface area (Å²) in [5.41, 5.74) is 0. The van der Waals surface area contributed by atoms with Crippen molar-refractivity contribution in [2.24, 2.45) is 0 Å². The summed E-state index contributed by atoms with van der Waals surface area (Å²) in [6.07, 6.45) is 8.83. The third-order valence-electron chi connectivity index (χ3n) is 4.71. The molecular formula is C20H28O3S2. The molecular weight excluding hydrogens is 352 g/mol. The molecule has 5 heteroatoms. The molecule has 1 saturated carbocycles. The van der Waals surface area contributed by atoms with E-state index in [0.29, 0.717) is 6.10 Å². The first-order valence-electron chi connectivity index (χ1n) is 9.54. The predicted molar refractivity (Wildman–Crippen MR) is 106 cm³/mol. The summed E-state index contributed by atoms with van der Waals surface area (Å²) in [5.74, 6) is -0.152. The number of carbonyl (C=O) groups is 1. The Balaban J connectivity index is 1.48. The highest BCUT2D eigenvalue weighted by Gasteiger charge is 2.25. The van der Waals surface area contributed by atoms with Gasteiger partial charge in [0, 0.05) is 16.9 Å². The average molecular weight is 381 g/mol. The van der Waals surface area contributed by atoms with Crippen molar-refractivity contribution < 1.29 is 14.3 Å². The number of esters is 1. The highest BCUT2D eigenvalue weighted by Crippen LogP contribution is 2.35. The maximum atomic E-state index is 12.4. The fraction of sp³-hybridized carbons (Fsp3) is 0.650. The second-order valence-corrected chi connectivity index (χ2v) is 9.29. The van der Waals surface area contributed by atoms with Gasteiger partial charge < -0.3 is 9.47 Å². The van der Waals surface area contributed by atoms with Crippen LogP contribution in [-0.4, -0.2) is 24.8 Å². The minimum atomic E-state index is -0.152. The van der Waals surface area contributed by atoms with Gasteiger partial charge in [-0.05, 0) is 50.7 Å². The van der Waals surface area contributed by atoms with E-state index in [2.05, 4.69) is 19.9 Å². The molecule has 0 bridgehead atoms. The van der Waals surface area contributed by atoms with Crippen molar-refractivity contribution in [3.63, 3.8) is 0 Å². The van der Waals surface area contributed by atoms with Crippen molar-refractivity contribution in [2.45, 2.75) is 77.4 Å². The van der Waals surface area contributed by atoms with Crippen LogP contribution in [0.25, 0.3) is 9.40 Å². The van der Waals surface area contributed by atoms with Crippen LogP contribution in [0.4, 0.5) is 0 Å². The van der Waals surface area contributed by atoms with Gasteiger partial charge in [-0.15, -0.1) is 22.7 Å². The van der Waals surface area contributed by atoms with Gasteiger partial charge in [-0.1, -0.05) is 26.7 Å². The molecule has 0 amide bonds. The SMILES string of the molecule is CCCCO[C@H]1CC[C@H](OC(=O)c2cc3cc(CCC)sc3s2)CC1. The monoisotopic (exact) mass is 380 g/mol. The first kappa shape index (κ1) is 18.9. The van der Waals surface area contributed by atoms with Crippen LogP contribution in [0, 0.1) is 0 Å². The smallest absolute Gasteiger partial charge is 0.348 e. The first-order valence-corrected chi connectivity index (χ1v) is 11.2. The van der Waals surface area contributed by atoms with Crippen LogP contribution in [0.1, 0.15) is 73.3 Å². The molecule has 0 unspecified atom stereocenters. The van der Waals surface area contributed by atoms with E-state index in [1.807, 2.05) is 17.4 Å². The predicted octanol–water partition coefficient (Wildman–Crippen LogP) is 6.20. The van der Waals surface area contributed by atoms with Gasteiger partial charge in [0.25, 0.3) is 0 Å². The molecule has 0 aliphatic heterocycles. The minimum Gasteiger partial charge on any atom is -0.458 e. The van der Waals surface area contributed by atoms with Gasteiger partial charge in [-0.25, -0.2) is 4.79 Å². The van der Waals surface area contributed by atoms with Crippen LogP contribution < -0.4 is 0 Å². The van der Waals surface area contributed by atoms with E-state index < -0.39 is 0 Å². The highest BCUT2D eigenvalue weighted by atomic mass is 32.2. The van der Waals surface area contributed by atoms with E-state index >= 15 is 0 Å². The third kappa shape index (κ3) is 5.05. The van der Waals surface area contributed by atoms with Crippen molar-refractivity contribution in [3.8, 4) is 0 Å². The Hall–Kier alpha value is -0.910. The Bertz CT molecular complexity index is 649. The van der Waals surface area contributed by atoms with Gasteiger partial charge in [0.15, 0.2) is 0 Å². The lowest BCUT2D eigenvalue weighted by atomic mass is 9.95. The third-order valence-corrected chi connectivity index (χ3v) is 7.14. The van der Waals surface area contributed by atoms with Crippen LogP contribution in [0.2, 0.25) is 0 Å². The molecule has 2 aromatic heterocycles. The molecule has 0 atom stereocenters. The van der Waals surface area contributed by atoms with Crippen LogP contribution >= 0.6 is 22.7 Å². The lowest BCUT2D eigenvalue weighted by Crippen LogP contribution is -2.28. The molecule has 0 N–H and O–H groups in total. The van der Waals surface area contributed by atoms with E-state index in [0.717, 1.165) is 56.4 Å². The van der Waals surface area contributed by atoms with E-state index in [9.17, 15) is 4.79 Å². The number of aryl methyl sites for hydroxylation is 1. The maximum absolute atomic E-state index is 12.4. The number of ether oxygens (including phenoxy) is 2. The summed E-state index contributed by atoms with van der Waals surface area (Å²) in [6.45, 7) is 5.23. The normalized spacial score (nSPS) is 20.9. The van der Waals surface area contributed by atoms with Crippen molar-refractivity contribution in [1.82, 2.24) is 0 Å². The molecule has 1 fully saturated rings. The molecule has 1 aliphatic carbocycles. The molecule has 0 spiro atoms. The highest BCUT2D eigenvalue weighted by molar-refractivity contribution is 7.39. The summed E-state index contributed by atoms with van der Waals surface area (Å²) >= 11 is 3.38. The second-order valence-electron chi connectivity index (χ2n) is 6.84. The topological polar surface area (TPSA) is 35.5 Å². The van der Waals surface area contributed by atoms with Gasteiger partial charge in [0.2, 0.25) is 0 Å². The zero-order valence-electron chi connectivity index (χ0n) is 15.2. The van der Waals surface area contributed by atoms with Crippen LogP contribution in [0.5, 0.6) is 0 Å². The van der Waals surface area contributed by atoms with E-state index in [1.54, 1.807) is 11.3 Å². The Morgan fingerprint density at radius 3 is 2.52 bits per heavy atom. The number of hydrogen-bond donors (Lipinski definition) is 0. The summed E-state index contributed by atoms with van der Waals surface area (Å²) in [5, 5.41) is 1.19. The van der Waals surface area contributed by atoms with Crippen molar-refractivity contribution in [2.75, 3.05) is 6.61 Å². The Labute approximate surface area is 158 Å². The summed E-state index contributed by atoms with van der Waals surface area (Å²) < 4.78 is 12.9. The molecule has 0 radical (unpaired) electrons. The second kappa shape index (κ2) is 9.15. The first-order chi connectivity index (χ1) is 12.2. The fourth-order valence-corrected chi connectivity index (χ4v) is 5.76. The number of carbonyl (C=O) groups excluding carboxylic acids is 1. The van der Waals surface area contributed by atoms with Gasteiger partial charge in [-0.3, -0.25) is 0 Å². The van der Waals surface area contributed by atoms with E-state index in [-0.39, 0.29) is 12.1 Å². The quantitative estimate of drug-likeness (QED) is 0.404. The van der Waals surface area contributed by atoms with E-state index in [1.165, 1.54) is 20.7 Å². The Kier molecular flexibility index (Phi) is 6.91. The molecule has 2 heterocycles. The minimum absolute atomic E-state index is 0.0503. The molecule has 0 saturated heterocycles. The van der Waals surface area contributed by atoms with Crippen molar-refractivity contribution in [1.29, 1.82) is 0 Å². The number of thiophene rings is 2. The lowest BCUT2D eigenvalue weighted by molar-refractivity contribution is -0.0199. The zero-order chi connectivity index (χ0) is 17.6. The molecule has 25 heavy (non-hydrogen) atoms. The zero-order valence-corrected chi connectivity index (χ0v) is 16.8. The molecule has 3 rings (SSSR count). The largest absolute Gasteiger partial charge is 0.458 e. The van der Waals surface area contributed by atoms with Crippen LogP contribution in [-0.2, 0) is 15.9 Å². The van der Waals surface area contributed by atoms with E-state index in [4.69, 9.17) is 9.47 Å². The summed E-state index contributed by atoms with van der Waals surface area (Å²) in [4.78, 5) is 14.6. The Morgan fingerprint density at radius 1 is 1.08 bits per heavy atom. The molecule has 2 aromatic rings. The number of rotatable bonds is 8. The van der Waals surface area contributed by atoms with Gasteiger partial charge in [0.1, 0.15) is 11.0 Å². The maximum Gasteiger partial charge on any atom is 0.348 e. The van der Waals surface area contributed by atoms with Crippen LogP contribution in [0.15, 0.2) is 12.1 Å². The number of hydrogen-bond acceptors (Lipinski definition) is 5. The van der Waals surface area contributed by atoms with Gasteiger partial charge in [0.05, 0.1) is 10.1 Å². The van der Waals surface area contributed by atoms with Crippen LogP contribution in [0.3, 0.4) is 0 Å². The molecule has 1 aliphatic rings. The lowest BCUT2D eigenvalue weighted by Gasteiger charge is -2.28. The average Bonchev–Trinajstić information content (AvgIpc) is 3.15. The summed E-state index contributed by atoms with van der Waals surface area (Å²) in [7, 11) is 0.